The molecule has 4 heteroatoms. The van der Waals surface area contributed by atoms with Crippen LogP contribution in [0.3, 0.4) is 0 Å². The quantitative estimate of drug-likeness (QED) is 0.819. The molecule has 0 atom stereocenters. The summed E-state index contributed by atoms with van der Waals surface area (Å²) < 4.78 is 1.00. The minimum absolute atomic E-state index is 0.0874. The lowest BCUT2D eigenvalue weighted by atomic mass is 10.1. The second kappa shape index (κ2) is 3.70. The van der Waals surface area contributed by atoms with E-state index in [0.717, 1.165) is 20.9 Å². The molecular weight excluding hydrogens is 256 g/mol. The number of rotatable bonds is 1. The van der Waals surface area contributed by atoms with Crippen molar-refractivity contribution in [2.24, 2.45) is 0 Å². The molecule has 78 valence electrons. The van der Waals surface area contributed by atoms with E-state index in [0.29, 0.717) is 5.69 Å². The first-order valence-corrected chi connectivity index (χ1v) is 5.43. The Bertz CT molecular complexity index is 531. The summed E-state index contributed by atoms with van der Waals surface area (Å²) in [7, 11) is 1.63. The highest BCUT2D eigenvalue weighted by molar-refractivity contribution is 9.10. The van der Waals surface area contributed by atoms with Gasteiger partial charge in [0.05, 0.1) is 0 Å². The van der Waals surface area contributed by atoms with Crippen molar-refractivity contribution in [3.05, 3.63) is 33.9 Å². The molecule has 0 aliphatic heterocycles. The number of nitrogens with one attached hydrogen (secondary N) is 2. The number of H-pyrrole nitrogens is 1. The number of carbonyl (C=O) groups excluding carboxylic acids is 1. The van der Waals surface area contributed by atoms with Gasteiger partial charge in [0, 0.05) is 22.4 Å². The molecule has 0 aliphatic carbocycles. The van der Waals surface area contributed by atoms with Crippen LogP contribution in [0.2, 0.25) is 0 Å². The molecular formula is C11H11BrN2O. The van der Waals surface area contributed by atoms with Crippen molar-refractivity contribution in [1.82, 2.24) is 10.3 Å². The standard InChI is InChI=1S/C11H11BrN2O/c1-6-9-7(12)4-3-5-8(9)14-10(6)11(15)13-2/h3-5,14H,1-2H3,(H,13,15). The molecule has 15 heavy (non-hydrogen) atoms. The Hall–Kier alpha value is -1.29. The van der Waals surface area contributed by atoms with Crippen molar-refractivity contribution in [3.8, 4) is 0 Å². The van der Waals surface area contributed by atoms with Crippen LogP contribution in [0, 0.1) is 6.92 Å². The molecule has 1 heterocycles. The Morgan fingerprint density at radius 2 is 2.20 bits per heavy atom. The van der Waals surface area contributed by atoms with E-state index >= 15 is 0 Å². The zero-order chi connectivity index (χ0) is 11.0. The lowest BCUT2D eigenvalue weighted by Gasteiger charge is -1.97. The van der Waals surface area contributed by atoms with Gasteiger partial charge in [-0.2, -0.15) is 0 Å². The first-order chi connectivity index (χ1) is 7.15. The van der Waals surface area contributed by atoms with E-state index in [4.69, 9.17) is 0 Å². The molecule has 0 radical (unpaired) electrons. The van der Waals surface area contributed by atoms with Crippen LogP contribution in [-0.4, -0.2) is 17.9 Å². The van der Waals surface area contributed by atoms with Gasteiger partial charge in [0.1, 0.15) is 5.69 Å². The third-order valence-electron chi connectivity index (χ3n) is 2.48. The Morgan fingerprint density at radius 1 is 1.47 bits per heavy atom. The van der Waals surface area contributed by atoms with Gasteiger partial charge in [-0.05, 0) is 24.6 Å². The molecule has 3 nitrogen and oxygen atoms in total. The number of benzene rings is 1. The van der Waals surface area contributed by atoms with Crippen molar-refractivity contribution in [1.29, 1.82) is 0 Å². The molecule has 2 aromatic rings. The van der Waals surface area contributed by atoms with Crippen LogP contribution in [0.4, 0.5) is 0 Å². The fourth-order valence-electron chi connectivity index (χ4n) is 1.71. The number of fused-ring (bicyclic) bond motifs is 1. The van der Waals surface area contributed by atoms with Gasteiger partial charge in [0.25, 0.3) is 5.91 Å². The van der Waals surface area contributed by atoms with E-state index in [1.165, 1.54) is 0 Å². The van der Waals surface area contributed by atoms with Crippen LogP contribution in [0.25, 0.3) is 10.9 Å². The molecule has 0 fully saturated rings. The van der Waals surface area contributed by atoms with E-state index in [1.54, 1.807) is 7.05 Å². The van der Waals surface area contributed by atoms with Gasteiger partial charge >= 0.3 is 0 Å². The van der Waals surface area contributed by atoms with E-state index in [2.05, 4.69) is 26.2 Å². The van der Waals surface area contributed by atoms with Gasteiger partial charge in [0.2, 0.25) is 0 Å². The minimum Gasteiger partial charge on any atom is -0.354 e. The third kappa shape index (κ3) is 1.55. The number of hydrogen-bond donors (Lipinski definition) is 2. The van der Waals surface area contributed by atoms with Crippen molar-refractivity contribution in [2.75, 3.05) is 7.05 Å². The summed E-state index contributed by atoms with van der Waals surface area (Å²) in [5.74, 6) is -0.0874. The lowest BCUT2D eigenvalue weighted by molar-refractivity contribution is 0.0958. The molecule has 2 rings (SSSR count). The van der Waals surface area contributed by atoms with Crippen molar-refractivity contribution >= 4 is 32.7 Å². The largest absolute Gasteiger partial charge is 0.354 e. The molecule has 0 unspecified atom stereocenters. The number of carbonyl (C=O) groups is 1. The van der Waals surface area contributed by atoms with E-state index < -0.39 is 0 Å². The van der Waals surface area contributed by atoms with Crippen molar-refractivity contribution in [3.63, 3.8) is 0 Å². The maximum absolute atomic E-state index is 11.6. The summed E-state index contributed by atoms with van der Waals surface area (Å²) in [5.41, 5.74) is 2.57. The van der Waals surface area contributed by atoms with Crippen LogP contribution in [0.1, 0.15) is 16.1 Å². The maximum atomic E-state index is 11.6. The Morgan fingerprint density at radius 3 is 2.80 bits per heavy atom. The second-order valence-electron chi connectivity index (χ2n) is 3.37. The number of hydrogen-bond acceptors (Lipinski definition) is 1. The molecule has 1 amide bonds. The average molecular weight is 267 g/mol. The smallest absolute Gasteiger partial charge is 0.267 e. The summed E-state index contributed by atoms with van der Waals surface area (Å²) >= 11 is 3.48. The van der Waals surface area contributed by atoms with Gasteiger partial charge in [-0.25, -0.2) is 0 Å². The Labute approximate surface area is 96.0 Å². The highest BCUT2D eigenvalue weighted by Gasteiger charge is 2.14. The summed E-state index contributed by atoms with van der Waals surface area (Å²) in [6, 6.07) is 5.87. The molecule has 0 aliphatic rings. The van der Waals surface area contributed by atoms with Crippen LogP contribution >= 0.6 is 15.9 Å². The van der Waals surface area contributed by atoms with Gasteiger partial charge < -0.3 is 10.3 Å². The minimum atomic E-state index is -0.0874. The zero-order valence-corrected chi connectivity index (χ0v) is 10.1. The predicted molar refractivity (Wildman–Crippen MR) is 64.1 cm³/mol. The third-order valence-corrected chi connectivity index (χ3v) is 3.14. The first-order valence-electron chi connectivity index (χ1n) is 4.64. The van der Waals surface area contributed by atoms with Crippen LogP contribution in [0.5, 0.6) is 0 Å². The molecule has 1 aromatic carbocycles. The van der Waals surface area contributed by atoms with Crippen molar-refractivity contribution in [2.45, 2.75) is 6.92 Å². The molecule has 0 bridgehead atoms. The van der Waals surface area contributed by atoms with Crippen LogP contribution in [0.15, 0.2) is 22.7 Å². The molecule has 0 saturated carbocycles. The Balaban J connectivity index is 2.75. The first kappa shape index (κ1) is 10.2. The van der Waals surface area contributed by atoms with E-state index in [9.17, 15) is 4.79 Å². The zero-order valence-electron chi connectivity index (χ0n) is 8.52. The number of halogens is 1. The second-order valence-corrected chi connectivity index (χ2v) is 4.22. The molecule has 2 N–H and O–H groups in total. The molecule has 0 spiro atoms. The topological polar surface area (TPSA) is 44.9 Å². The van der Waals surface area contributed by atoms with E-state index in [1.807, 2.05) is 25.1 Å². The Kier molecular flexibility index (Phi) is 2.52. The summed E-state index contributed by atoms with van der Waals surface area (Å²) in [6.07, 6.45) is 0. The van der Waals surface area contributed by atoms with Gasteiger partial charge in [-0.15, -0.1) is 0 Å². The number of amides is 1. The lowest BCUT2D eigenvalue weighted by Crippen LogP contribution is -2.18. The number of aromatic nitrogens is 1. The van der Waals surface area contributed by atoms with Gasteiger partial charge in [-0.3, -0.25) is 4.79 Å². The highest BCUT2D eigenvalue weighted by atomic mass is 79.9. The maximum Gasteiger partial charge on any atom is 0.267 e. The molecule has 0 saturated heterocycles. The average Bonchev–Trinajstić information content (AvgIpc) is 2.56. The fourth-order valence-corrected chi connectivity index (χ4v) is 2.38. The van der Waals surface area contributed by atoms with Gasteiger partial charge in [-0.1, -0.05) is 22.0 Å². The predicted octanol–water partition coefficient (Wildman–Crippen LogP) is 2.60. The highest BCUT2D eigenvalue weighted by Crippen LogP contribution is 2.28. The normalized spacial score (nSPS) is 10.6. The van der Waals surface area contributed by atoms with Crippen LogP contribution < -0.4 is 5.32 Å². The van der Waals surface area contributed by atoms with Gasteiger partial charge in [0.15, 0.2) is 0 Å². The van der Waals surface area contributed by atoms with Crippen LogP contribution in [-0.2, 0) is 0 Å². The summed E-state index contributed by atoms with van der Waals surface area (Å²) in [5, 5.41) is 3.68. The summed E-state index contributed by atoms with van der Waals surface area (Å²) in [6.45, 7) is 1.94. The monoisotopic (exact) mass is 266 g/mol. The summed E-state index contributed by atoms with van der Waals surface area (Å²) in [4.78, 5) is 14.7. The van der Waals surface area contributed by atoms with E-state index in [-0.39, 0.29) is 5.91 Å². The number of aromatic amines is 1. The van der Waals surface area contributed by atoms with Crippen molar-refractivity contribution < 1.29 is 4.79 Å². The number of aryl methyl sites for hydroxylation is 1. The fraction of sp³-hybridized carbons (Fsp3) is 0.182. The molecule has 1 aromatic heterocycles. The SMILES string of the molecule is CNC(=O)c1[nH]c2cccc(Br)c2c1C.